The van der Waals surface area contributed by atoms with Gasteiger partial charge in [-0.25, -0.2) is 9.97 Å². The van der Waals surface area contributed by atoms with Crippen molar-refractivity contribution in [2.75, 3.05) is 30.3 Å². The van der Waals surface area contributed by atoms with E-state index in [1.165, 1.54) is 0 Å². The van der Waals surface area contributed by atoms with Crippen LogP contribution in [0.4, 0.5) is 17.3 Å². The highest BCUT2D eigenvalue weighted by atomic mass is 16.3. The third-order valence-electron chi connectivity index (χ3n) is 6.99. The number of anilines is 3. The van der Waals surface area contributed by atoms with Crippen molar-refractivity contribution < 1.29 is 9.90 Å². The maximum atomic E-state index is 13.1. The Balaban J connectivity index is 1.49. The fourth-order valence-electron chi connectivity index (χ4n) is 4.62. The van der Waals surface area contributed by atoms with Gasteiger partial charge in [-0.05, 0) is 67.9 Å². The number of nitrogens with zero attached hydrogens (tertiary/aromatic N) is 3. The molecule has 0 bridgehead atoms. The van der Waals surface area contributed by atoms with Gasteiger partial charge in [0, 0.05) is 41.3 Å². The number of allylic oxidation sites excluding steroid dienone is 4. The van der Waals surface area contributed by atoms with E-state index in [4.69, 9.17) is 9.97 Å². The summed E-state index contributed by atoms with van der Waals surface area (Å²) in [5, 5.41) is 16.7. The molecule has 41 heavy (non-hydrogen) atoms. The predicted molar refractivity (Wildman–Crippen MR) is 169 cm³/mol. The lowest BCUT2D eigenvalue weighted by Gasteiger charge is -2.20. The number of hydrogen-bond acceptors (Lipinski definition) is 6. The van der Waals surface area contributed by atoms with Crippen LogP contribution in [0.2, 0.25) is 0 Å². The molecule has 1 aromatic heterocycles. The maximum absolute atomic E-state index is 13.1. The number of carbonyl (C=O) groups is 1. The number of para-hydroxylation sites is 1. The van der Waals surface area contributed by atoms with Crippen molar-refractivity contribution in [1.82, 2.24) is 14.9 Å². The highest BCUT2D eigenvalue weighted by Crippen LogP contribution is 2.27. The largest absolute Gasteiger partial charge is 0.395 e. The zero-order chi connectivity index (χ0) is 29.2. The minimum absolute atomic E-state index is 0.104. The Morgan fingerprint density at radius 3 is 2.56 bits per heavy atom. The Labute approximate surface area is 242 Å². The molecular weight excluding hydrogens is 510 g/mol. The lowest BCUT2D eigenvalue weighted by molar-refractivity contribution is 0.102. The van der Waals surface area contributed by atoms with Crippen LogP contribution in [0, 0.1) is 6.92 Å². The summed E-state index contributed by atoms with van der Waals surface area (Å²) in [5.41, 5.74) is 6.03. The van der Waals surface area contributed by atoms with Crippen molar-refractivity contribution in [3.8, 4) is 0 Å². The van der Waals surface area contributed by atoms with Crippen molar-refractivity contribution in [3.63, 3.8) is 0 Å². The van der Waals surface area contributed by atoms with Crippen molar-refractivity contribution in [2.45, 2.75) is 40.2 Å². The van der Waals surface area contributed by atoms with Gasteiger partial charge in [0.25, 0.3) is 5.91 Å². The SMILES string of the molecule is C/C=C\C=C/C(C)c1nc(Nc2ccc(C(=O)Nc3cc(CN(CC)CCO)ccc3C)cc2)nc2ccccc12. The van der Waals surface area contributed by atoms with Gasteiger partial charge >= 0.3 is 0 Å². The average molecular weight is 550 g/mol. The van der Waals surface area contributed by atoms with Crippen molar-refractivity contribution in [2.24, 2.45) is 0 Å². The second kappa shape index (κ2) is 14.3. The molecule has 1 heterocycles. The number of aliphatic hydroxyl groups excluding tert-OH is 1. The van der Waals surface area contributed by atoms with Crippen LogP contribution < -0.4 is 10.6 Å². The van der Waals surface area contributed by atoms with Crippen LogP contribution in [0.3, 0.4) is 0 Å². The molecule has 1 atom stereocenters. The Bertz CT molecular complexity index is 1530. The fraction of sp³-hybridized carbons (Fsp3) is 0.265. The average Bonchev–Trinajstić information content (AvgIpc) is 2.98. The zero-order valence-electron chi connectivity index (χ0n) is 24.3. The van der Waals surface area contributed by atoms with E-state index in [-0.39, 0.29) is 18.4 Å². The molecule has 4 aromatic rings. The first-order valence-corrected chi connectivity index (χ1v) is 14.1. The molecule has 0 saturated heterocycles. The Kier molecular flexibility index (Phi) is 10.4. The first-order valence-electron chi connectivity index (χ1n) is 14.1. The number of carbonyl (C=O) groups excluding carboxylic acids is 1. The lowest BCUT2D eigenvalue weighted by Crippen LogP contribution is -2.26. The summed E-state index contributed by atoms with van der Waals surface area (Å²) in [6.07, 6.45) is 8.16. The number of aromatic nitrogens is 2. The molecule has 3 aromatic carbocycles. The quantitative estimate of drug-likeness (QED) is 0.165. The van der Waals surface area contributed by atoms with Gasteiger partial charge in [-0.15, -0.1) is 0 Å². The summed E-state index contributed by atoms with van der Waals surface area (Å²) in [6, 6.07) is 21.4. The number of fused-ring (bicyclic) bond motifs is 1. The number of amides is 1. The molecule has 0 saturated carbocycles. The third-order valence-corrected chi connectivity index (χ3v) is 6.99. The second-order valence-corrected chi connectivity index (χ2v) is 10.0. The van der Waals surface area contributed by atoms with Gasteiger partial charge < -0.3 is 15.7 Å². The Morgan fingerprint density at radius 1 is 1.05 bits per heavy atom. The maximum Gasteiger partial charge on any atom is 0.255 e. The predicted octanol–water partition coefficient (Wildman–Crippen LogP) is 6.98. The van der Waals surface area contributed by atoms with E-state index >= 15 is 0 Å². The van der Waals surface area contributed by atoms with Crippen LogP contribution in [0.25, 0.3) is 10.9 Å². The molecule has 7 nitrogen and oxygen atoms in total. The van der Waals surface area contributed by atoms with E-state index in [1.54, 1.807) is 12.1 Å². The summed E-state index contributed by atoms with van der Waals surface area (Å²) >= 11 is 0. The molecule has 0 aliphatic heterocycles. The van der Waals surface area contributed by atoms with Gasteiger partial charge in [-0.2, -0.15) is 0 Å². The molecule has 0 spiro atoms. The first kappa shape index (κ1) is 29.6. The number of hydrogen-bond donors (Lipinski definition) is 3. The summed E-state index contributed by atoms with van der Waals surface area (Å²) in [4.78, 5) is 24.8. The van der Waals surface area contributed by atoms with Gasteiger partial charge in [-0.1, -0.05) is 68.5 Å². The molecule has 4 rings (SSSR count). The third kappa shape index (κ3) is 7.87. The van der Waals surface area contributed by atoms with Crippen LogP contribution in [0.1, 0.15) is 53.9 Å². The summed E-state index contributed by atoms with van der Waals surface area (Å²) in [5.74, 6) is 0.440. The topological polar surface area (TPSA) is 90.4 Å². The van der Waals surface area contributed by atoms with Gasteiger partial charge in [0.15, 0.2) is 0 Å². The van der Waals surface area contributed by atoms with Crippen LogP contribution in [0.5, 0.6) is 0 Å². The summed E-state index contributed by atoms with van der Waals surface area (Å²) < 4.78 is 0. The number of rotatable bonds is 12. The van der Waals surface area contributed by atoms with E-state index < -0.39 is 0 Å². The number of aliphatic hydroxyl groups is 1. The fourth-order valence-corrected chi connectivity index (χ4v) is 4.62. The van der Waals surface area contributed by atoms with Crippen LogP contribution in [0.15, 0.2) is 91.0 Å². The molecule has 3 N–H and O–H groups in total. The summed E-state index contributed by atoms with van der Waals surface area (Å²) in [7, 11) is 0. The van der Waals surface area contributed by atoms with Gasteiger partial charge in [0.2, 0.25) is 5.95 Å². The molecule has 1 amide bonds. The number of likely N-dealkylation sites (N-methyl/N-ethyl adjacent to an activating group) is 1. The minimum Gasteiger partial charge on any atom is -0.395 e. The Hall–Kier alpha value is -4.33. The number of benzene rings is 3. The van der Waals surface area contributed by atoms with Crippen LogP contribution >= 0.6 is 0 Å². The molecule has 212 valence electrons. The second-order valence-electron chi connectivity index (χ2n) is 10.0. The molecular formula is C34H39N5O2. The normalized spacial score (nSPS) is 12.4. The highest BCUT2D eigenvalue weighted by Gasteiger charge is 2.14. The molecule has 0 fully saturated rings. The Morgan fingerprint density at radius 2 is 1.83 bits per heavy atom. The first-order chi connectivity index (χ1) is 19.9. The van der Waals surface area contributed by atoms with E-state index in [9.17, 15) is 9.90 Å². The van der Waals surface area contributed by atoms with Crippen molar-refractivity contribution in [3.05, 3.63) is 113 Å². The summed E-state index contributed by atoms with van der Waals surface area (Å²) in [6.45, 7) is 10.5. The van der Waals surface area contributed by atoms with Gasteiger partial charge in [0.05, 0.1) is 17.8 Å². The monoisotopic (exact) mass is 549 g/mol. The van der Waals surface area contributed by atoms with E-state index in [0.717, 1.165) is 45.6 Å². The van der Waals surface area contributed by atoms with Crippen molar-refractivity contribution >= 4 is 34.1 Å². The molecule has 7 heteroatoms. The zero-order valence-corrected chi connectivity index (χ0v) is 24.3. The van der Waals surface area contributed by atoms with Gasteiger partial charge in [0.1, 0.15) is 0 Å². The molecule has 0 aliphatic carbocycles. The minimum atomic E-state index is -0.175. The number of aryl methyl sites for hydroxylation is 1. The number of nitrogens with one attached hydrogen (secondary N) is 2. The molecule has 1 unspecified atom stereocenters. The highest BCUT2D eigenvalue weighted by molar-refractivity contribution is 6.04. The standard InChI is InChI=1S/C34H39N5O2/c1-5-7-8-11-25(4)32-29-12-9-10-13-30(29)37-34(38-32)35-28-18-16-27(17-19-28)33(41)36-31-22-26(15-14-24(31)3)23-39(6-2)20-21-40/h5,7-19,22,25,40H,6,20-21,23H2,1-4H3,(H,36,41)(H,35,37,38)/b7-5-,11-8-. The van der Waals surface area contributed by atoms with E-state index in [0.29, 0.717) is 24.6 Å². The van der Waals surface area contributed by atoms with Crippen LogP contribution in [-0.2, 0) is 6.54 Å². The van der Waals surface area contributed by atoms with Crippen molar-refractivity contribution in [1.29, 1.82) is 0 Å². The molecule has 0 radical (unpaired) electrons. The van der Waals surface area contributed by atoms with Crippen LogP contribution in [-0.4, -0.2) is 45.6 Å². The molecule has 0 aliphatic rings. The van der Waals surface area contributed by atoms with E-state index in [2.05, 4.69) is 41.5 Å². The smallest absolute Gasteiger partial charge is 0.255 e. The van der Waals surface area contributed by atoms with Gasteiger partial charge in [-0.3, -0.25) is 9.69 Å². The van der Waals surface area contributed by atoms with E-state index in [1.807, 2.05) is 80.6 Å². The lowest BCUT2D eigenvalue weighted by atomic mass is 10.0.